The van der Waals surface area contributed by atoms with Crippen LogP contribution < -0.4 is 5.32 Å². The molecule has 0 saturated carbocycles. The highest BCUT2D eigenvalue weighted by atomic mass is 32.2. The maximum Gasteiger partial charge on any atom is 0.230 e. The van der Waals surface area contributed by atoms with Crippen LogP contribution in [0.2, 0.25) is 0 Å². The number of furan rings is 1. The molecule has 1 amide bonds. The van der Waals surface area contributed by atoms with E-state index in [1.165, 1.54) is 17.3 Å². The molecule has 3 aromatic rings. The summed E-state index contributed by atoms with van der Waals surface area (Å²) >= 11 is 1.39. The van der Waals surface area contributed by atoms with Gasteiger partial charge in [-0.05, 0) is 42.5 Å². The van der Waals surface area contributed by atoms with Crippen molar-refractivity contribution in [1.82, 2.24) is 20.1 Å². The summed E-state index contributed by atoms with van der Waals surface area (Å²) < 4.78 is 7.51. The lowest BCUT2D eigenvalue weighted by molar-refractivity contribution is -0.119. The van der Waals surface area contributed by atoms with Gasteiger partial charge in [-0.3, -0.25) is 9.36 Å². The molecule has 0 bridgehead atoms. The molecular weight excluding hydrogens is 384 g/mol. The van der Waals surface area contributed by atoms with Gasteiger partial charge in [0.15, 0.2) is 16.7 Å². The molecular formula is C22H28N4O2S. The summed E-state index contributed by atoms with van der Waals surface area (Å²) in [6, 6.07) is 12.0. The molecule has 1 atom stereocenters. The minimum absolute atomic E-state index is 0.0271. The number of amides is 1. The quantitative estimate of drug-likeness (QED) is 0.515. The molecule has 6 nitrogen and oxygen atoms in total. The number of carbonyl (C=O) groups is 1. The van der Waals surface area contributed by atoms with E-state index in [1.54, 1.807) is 6.26 Å². The van der Waals surface area contributed by atoms with Crippen molar-refractivity contribution < 1.29 is 9.21 Å². The molecule has 1 N–H and O–H groups in total. The van der Waals surface area contributed by atoms with E-state index in [9.17, 15) is 4.79 Å². The Morgan fingerprint density at radius 1 is 1.17 bits per heavy atom. The molecule has 2 aromatic heterocycles. The van der Waals surface area contributed by atoms with Crippen molar-refractivity contribution in [2.75, 3.05) is 5.75 Å². The highest BCUT2D eigenvalue weighted by Crippen LogP contribution is 2.25. The van der Waals surface area contributed by atoms with E-state index in [0.717, 1.165) is 23.7 Å². The zero-order valence-electron chi connectivity index (χ0n) is 17.4. The number of rotatable bonds is 9. The normalized spacial score (nSPS) is 12.3. The number of nitrogens with zero attached hydrogens (tertiary/aromatic N) is 3. The molecule has 0 spiro atoms. The molecule has 1 aromatic carbocycles. The second kappa shape index (κ2) is 9.78. The Morgan fingerprint density at radius 2 is 1.93 bits per heavy atom. The fourth-order valence-corrected chi connectivity index (χ4v) is 3.81. The summed E-state index contributed by atoms with van der Waals surface area (Å²) in [5, 5.41) is 12.4. The fourth-order valence-electron chi connectivity index (χ4n) is 3.05. The number of aromatic nitrogens is 3. The van der Waals surface area contributed by atoms with Gasteiger partial charge >= 0.3 is 0 Å². The predicted octanol–water partition coefficient (Wildman–Crippen LogP) is 4.73. The highest BCUT2D eigenvalue weighted by molar-refractivity contribution is 7.99. The number of hydrogen-bond acceptors (Lipinski definition) is 5. The van der Waals surface area contributed by atoms with Crippen LogP contribution in [0.4, 0.5) is 0 Å². The van der Waals surface area contributed by atoms with Crippen LogP contribution in [0.25, 0.3) is 11.6 Å². The average molecular weight is 413 g/mol. The molecule has 1 unspecified atom stereocenters. The molecule has 0 radical (unpaired) electrons. The Bertz CT molecular complexity index is 917. The monoisotopic (exact) mass is 412 g/mol. The first-order valence-corrected chi connectivity index (χ1v) is 10.9. The van der Waals surface area contributed by atoms with Gasteiger partial charge in [0, 0.05) is 6.54 Å². The van der Waals surface area contributed by atoms with Gasteiger partial charge in [-0.2, -0.15) is 0 Å². The maximum atomic E-state index is 12.5. The summed E-state index contributed by atoms with van der Waals surface area (Å²) in [7, 11) is 0. The Morgan fingerprint density at radius 3 is 2.55 bits per heavy atom. The lowest BCUT2D eigenvalue weighted by Crippen LogP contribution is -2.28. The largest absolute Gasteiger partial charge is 0.461 e. The van der Waals surface area contributed by atoms with Crippen molar-refractivity contribution in [3.05, 3.63) is 53.8 Å². The van der Waals surface area contributed by atoms with E-state index in [0.29, 0.717) is 17.5 Å². The van der Waals surface area contributed by atoms with Crippen molar-refractivity contribution in [3.8, 4) is 11.6 Å². The molecule has 2 heterocycles. The van der Waals surface area contributed by atoms with Crippen molar-refractivity contribution >= 4 is 17.7 Å². The van der Waals surface area contributed by atoms with E-state index >= 15 is 0 Å². The van der Waals surface area contributed by atoms with Crippen LogP contribution in [0.5, 0.6) is 0 Å². The van der Waals surface area contributed by atoms with Gasteiger partial charge in [-0.25, -0.2) is 0 Å². The van der Waals surface area contributed by atoms with Crippen LogP contribution >= 0.6 is 11.8 Å². The van der Waals surface area contributed by atoms with Crippen LogP contribution in [0.15, 0.2) is 52.2 Å². The van der Waals surface area contributed by atoms with Crippen LogP contribution in [0, 0.1) is 5.92 Å². The minimum Gasteiger partial charge on any atom is -0.461 e. The topological polar surface area (TPSA) is 73.0 Å². The van der Waals surface area contributed by atoms with Crippen molar-refractivity contribution in [1.29, 1.82) is 0 Å². The van der Waals surface area contributed by atoms with Gasteiger partial charge in [0.05, 0.1) is 18.1 Å². The first-order valence-electron chi connectivity index (χ1n) is 9.96. The van der Waals surface area contributed by atoms with Crippen molar-refractivity contribution in [2.24, 2.45) is 5.92 Å². The molecule has 0 aliphatic heterocycles. The minimum atomic E-state index is -0.0405. The van der Waals surface area contributed by atoms with E-state index < -0.39 is 0 Å². The smallest absolute Gasteiger partial charge is 0.230 e. The fraction of sp³-hybridized carbons (Fsp3) is 0.409. The standard InChI is InChI=1S/C22H28N4O2S/c1-5-17-8-10-18(11-9-17)16(4)23-20(27)14-29-22-25-24-21(19-7-6-12-28-19)26(22)13-15(2)3/h6-12,15-16H,5,13-14H2,1-4H3,(H,23,27). The van der Waals surface area contributed by atoms with Gasteiger partial charge in [-0.1, -0.05) is 56.8 Å². The Balaban J connectivity index is 1.63. The maximum absolute atomic E-state index is 12.5. The van der Waals surface area contributed by atoms with E-state index in [-0.39, 0.29) is 17.7 Å². The molecule has 3 rings (SSSR count). The average Bonchev–Trinajstić information content (AvgIpc) is 3.36. The van der Waals surface area contributed by atoms with Crippen LogP contribution in [-0.2, 0) is 17.8 Å². The van der Waals surface area contributed by atoms with Crippen LogP contribution in [0.3, 0.4) is 0 Å². The summed E-state index contributed by atoms with van der Waals surface area (Å²) in [4.78, 5) is 12.5. The van der Waals surface area contributed by atoms with Gasteiger partial charge < -0.3 is 9.73 Å². The lowest BCUT2D eigenvalue weighted by Gasteiger charge is -2.15. The number of benzene rings is 1. The zero-order chi connectivity index (χ0) is 20.8. The third kappa shape index (κ3) is 5.50. The third-order valence-electron chi connectivity index (χ3n) is 4.60. The van der Waals surface area contributed by atoms with Crippen molar-refractivity contribution in [2.45, 2.75) is 51.9 Å². The van der Waals surface area contributed by atoms with Gasteiger partial charge in [0.1, 0.15) is 0 Å². The van der Waals surface area contributed by atoms with Gasteiger partial charge in [0.2, 0.25) is 5.91 Å². The zero-order valence-corrected chi connectivity index (χ0v) is 18.2. The molecule has 154 valence electrons. The summed E-state index contributed by atoms with van der Waals surface area (Å²) in [6.07, 6.45) is 2.63. The highest BCUT2D eigenvalue weighted by Gasteiger charge is 2.18. The summed E-state index contributed by atoms with van der Waals surface area (Å²) in [6.45, 7) is 9.16. The molecule has 0 aliphatic carbocycles. The number of thioether (sulfide) groups is 1. The van der Waals surface area contributed by atoms with E-state index in [4.69, 9.17) is 4.42 Å². The molecule has 0 fully saturated rings. The SMILES string of the molecule is CCc1ccc(C(C)NC(=O)CSc2nnc(-c3ccco3)n2CC(C)C)cc1. The molecule has 29 heavy (non-hydrogen) atoms. The summed E-state index contributed by atoms with van der Waals surface area (Å²) in [5.41, 5.74) is 2.39. The van der Waals surface area contributed by atoms with E-state index in [1.807, 2.05) is 23.6 Å². The van der Waals surface area contributed by atoms with E-state index in [2.05, 4.69) is 60.6 Å². The number of nitrogens with one attached hydrogen (secondary N) is 1. The van der Waals surface area contributed by atoms with Crippen LogP contribution in [0.1, 0.15) is 44.9 Å². The second-order valence-electron chi connectivity index (χ2n) is 7.46. The number of aryl methyl sites for hydroxylation is 1. The molecule has 0 aliphatic rings. The third-order valence-corrected chi connectivity index (χ3v) is 5.57. The Labute approximate surface area is 176 Å². The second-order valence-corrected chi connectivity index (χ2v) is 8.40. The van der Waals surface area contributed by atoms with Gasteiger partial charge in [-0.15, -0.1) is 10.2 Å². The van der Waals surface area contributed by atoms with Crippen LogP contribution in [-0.4, -0.2) is 26.4 Å². The first-order chi connectivity index (χ1) is 14.0. The molecule has 0 saturated heterocycles. The Hall–Kier alpha value is -2.54. The first kappa shape index (κ1) is 21.2. The predicted molar refractivity (Wildman–Crippen MR) is 116 cm³/mol. The lowest BCUT2D eigenvalue weighted by atomic mass is 10.1. The van der Waals surface area contributed by atoms with Gasteiger partial charge in [0.25, 0.3) is 0 Å². The van der Waals surface area contributed by atoms with Crippen molar-refractivity contribution in [3.63, 3.8) is 0 Å². The number of hydrogen-bond donors (Lipinski definition) is 1. The summed E-state index contributed by atoms with van der Waals surface area (Å²) in [5.74, 6) is 2.04. The Kier molecular flexibility index (Phi) is 7.14. The number of carbonyl (C=O) groups excluding carboxylic acids is 1. The molecule has 7 heteroatoms.